The van der Waals surface area contributed by atoms with E-state index >= 15 is 0 Å². The van der Waals surface area contributed by atoms with Gasteiger partial charge in [0.25, 0.3) is 11.8 Å². The van der Waals surface area contributed by atoms with Crippen molar-refractivity contribution in [3.63, 3.8) is 0 Å². The van der Waals surface area contributed by atoms with Crippen LogP contribution in [0.5, 0.6) is 0 Å². The second kappa shape index (κ2) is 10.2. The number of ketones is 1. The van der Waals surface area contributed by atoms with Gasteiger partial charge in [-0.2, -0.15) is 0 Å². The maximum absolute atomic E-state index is 12.9. The summed E-state index contributed by atoms with van der Waals surface area (Å²) in [5.74, 6) is -2.59. The summed E-state index contributed by atoms with van der Waals surface area (Å²) in [5, 5.41) is 20.3. The second-order valence-corrected chi connectivity index (χ2v) is 8.41. The number of carboxylic acids is 1. The van der Waals surface area contributed by atoms with Gasteiger partial charge >= 0.3 is 5.97 Å². The molecule has 2 aromatic rings. The van der Waals surface area contributed by atoms with Gasteiger partial charge in [0.05, 0.1) is 24.2 Å². The van der Waals surface area contributed by atoms with Crippen LogP contribution in [-0.2, 0) is 19.2 Å². The van der Waals surface area contributed by atoms with Crippen molar-refractivity contribution in [2.75, 3.05) is 0 Å². The SMILES string of the molecule is CC(=O)C(CC(=O)O)NC(=O)C1CC(C(NC(=O)c2ccc3ccccc3c2)C(C)C)=NO1. The van der Waals surface area contributed by atoms with Crippen LogP contribution >= 0.6 is 0 Å². The molecule has 9 heteroatoms. The van der Waals surface area contributed by atoms with Crippen LogP contribution in [0.15, 0.2) is 47.6 Å². The Labute approximate surface area is 191 Å². The molecule has 1 aliphatic rings. The zero-order valence-electron chi connectivity index (χ0n) is 18.7. The van der Waals surface area contributed by atoms with E-state index in [1.807, 2.05) is 50.2 Å². The molecule has 3 unspecified atom stereocenters. The lowest BCUT2D eigenvalue weighted by Gasteiger charge is -2.22. The predicted octanol–water partition coefficient (Wildman–Crippen LogP) is 2.29. The molecule has 3 rings (SSSR count). The summed E-state index contributed by atoms with van der Waals surface area (Å²) in [5.41, 5.74) is 1.00. The second-order valence-electron chi connectivity index (χ2n) is 8.41. The number of carbonyl (C=O) groups is 4. The Hall–Kier alpha value is -3.75. The van der Waals surface area contributed by atoms with Crippen LogP contribution < -0.4 is 10.6 Å². The highest BCUT2D eigenvalue weighted by molar-refractivity contribution is 6.03. The Morgan fingerprint density at radius 2 is 1.79 bits per heavy atom. The smallest absolute Gasteiger partial charge is 0.305 e. The Morgan fingerprint density at radius 1 is 1.09 bits per heavy atom. The number of benzene rings is 2. The van der Waals surface area contributed by atoms with E-state index in [0.29, 0.717) is 11.3 Å². The highest BCUT2D eigenvalue weighted by atomic mass is 16.6. The number of nitrogens with one attached hydrogen (secondary N) is 2. The summed E-state index contributed by atoms with van der Waals surface area (Å²) in [4.78, 5) is 53.2. The van der Waals surface area contributed by atoms with Crippen LogP contribution in [-0.4, -0.2) is 52.6 Å². The van der Waals surface area contributed by atoms with E-state index in [1.165, 1.54) is 6.92 Å². The fourth-order valence-electron chi connectivity index (χ4n) is 3.65. The highest BCUT2D eigenvalue weighted by Crippen LogP contribution is 2.20. The van der Waals surface area contributed by atoms with Gasteiger partial charge in [0, 0.05) is 12.0 Å². The third kappa shape index (κ3) is 5.94. The maximum Gasteiger partial charge on any atom is 0.305 e. The minimum Gasteiger partial charge on any atom is -0.481 e. The first-order chi connectivity index (χ1) is 15.7. The molecular weight excluding hydrogens is 426 g/mol. The molecule has 9 nitrogen and oxygen atoms in total. The van der Waals surface area contributed by atoms with Gasteiger partial charge in [-0.15, -0.1) is 0 Å². The first-order valence-corrected chi connectivity index (χ1v) is 10.7. The number of fused-ring (bicyclic) bond motifs is 1. The van der Waals surface area contributed by atoms with Crippen LogP contribution in [0.1, 0.15) is 44.0 Å². The fraction of sp³-hybridized carbons (Fsp3) is 0.375. The number of carbonyl (C=O) groups excluding carboxylic acids is 3. The summed E-state index contributed by atoms with van der Waals surface area (Å²) < 4.78 is 0. The Balaban J connectivity index is 1.66. The number of hydrogen-bond acceptors (Lipinski definition) is 6. The highest BCUT2D eigenvalue weighted by Gasteiger charge is 2.35. The van der Waals surface area contributed by atoms with Crippen LogP contribution in [0.25, 0.3) is 10.8 Å². The summed E-state index contributed by atoms with van der Waals surface area (Å²) in [6, 6.07) is 11.6. The summed E-state index contributed by atoms with van der Waals surface area (Å²) in [6.07, 6.45) is -1.41. The van der Waals surface area contributed by atoms with E-state index in [4.69, 9.17) is 9.94 Å². The number of hydrogen-bond donors (Lipinski definition) is 3. The molecule has 0 saturated carbocycles. The van der Waals surface area contributed by atoms with E-state index in [0.717, 1.165) is 10.8 Å². The van der Waals surface area contributed by atoms with Crippen molar-refractivity contribution in [2.24, 2.45) is 11.1 Å². The molecule has 3 N–H and O–H groups in total. The number of amides is 2. The van der Waals surface area contributed by atoms with E-state index < -0.39 is 42.3 Å². The van der Waals surface area contributed by atoms with Crippen LogP contribution in [0.3, 0.4) is 0 Å². The molecular formula is C24H27N3O6. The molecule has 0 aromatic heterocycles. The maximum atomic E-state index is 12.9. The van der Waals surface area contributed by atoms with Gasteiger partial charge < -0.3 is 20.6 Å². The molecule has 3 atom stereocenters. The zero-order chi connectivity index (χ0) is 24.1. The first-order valence-electron chi connectivity index (χ1n) is 10.7. The van der Waals surface area contributed by atoms with Crippen LogP contribution in [0.4, 0.5) is 0 Å². The number of oxime groups is 1. The van der Waals surface area contributed by atoms with Gasteiger partial charge in [-0.05, 0) is 35.7 Å². The monoisotopic (exact) mass is 453 g/mol. The largest absolute Gasteiger partial charge is 0.481 e. The Morgan fingerprint density at radius 3 is 2.42 bits per heavy atom. The molecule has 2 aromatic carbocycles. The van der Waals surface area contributed by atoms with Gasteiger partial charge in [-0.3, -0.25) is 19.2 Å². The minimum atomic E-state index is -1.20. The summed E-state index contributed by atoms with van der Waals surface area (Å²) >= 11 is 0. The molecule has 174 valence electrons. The van der Waals surface area contributed by atoms with Gasteiger partial charge in [-0.1, -0.05) is 49.3 Å². The third-order valence-corrected chi connectivity index (χ3v) is 5.49. The number of rotatable bonds is 9. The number of nitrogens with zero attached hydrogens (tertiary/aromatic N) is 1. The van der Waals surface area contributed by atoms with Crippen LogP contribution in [0, 0.1) is 5.92 Å². The first kappa shape index (κ1) is 23.9. The van der Waals surface area contributed by atoms with Crippen molar-refractivity contribution in [3.8, 4) is 0 Å². The molecule has 1 heterocycles. The number of aliphatic carboxylic acids is 1. The quantitative estimate of drug-likeness (QED) is 0.533. The summed E-state index contributed by atoms with van der Waals surface area (Å²) in [6.45, 7) is 5.04. The van der Waals surface area contributed by atoms with Gasteiger partial charge in [-0.25, -0.2) is 0 Å². The number of carboxylic acid groups (broad SMARTS) is 1. The average Bonchev–Trinajstić information content (AvgIpc) is 3.25. The third-order valence-electron chi connectivity index (χ3n) is 5.49. The Kier molecular flexibility index (Phi) is 7.42. The van der Waals surface area contributed by atoms with Gasteiger partial charge in [0.15, 0.2) is 5.78 Å². The van der Waals surface area contributed by atoms with Crippen molar-refractivity contribution in [1.29, 1.82) is 0 Å². The van der Waals surface area contributed by atoms with Gasteiger partial charge in [0.1, 0.15) is 0 Å². The predicted molar refractivity (Wildman–Crippen MR) is 122 cm³/mol. The van der Waals surface area contributed by atoms with Crippen molar-refractivity contribution in [1.82, 2.24) is 10.6 Å². The lowest BCUT2D eigenvalue weighted by atomic mass is 9.95. The van der Waals surface area contributed by atoms with Crippen molar-refractivity contribution in [2.45, 2.75) is 51.8 Å². The van der Waals surface area contributed by atoms with E-state index in [2.05, 4.69) is 15.8 Å². The molecule has 1 aliphatic heterocycles. The molecule has 0 fully saturated rings. The van der Waals surface area contributed by atoms with Crippen molar-refractivity contribution in [3.05, 3.63) is 48.0 Å². The molecule has 0 radical (unpaired) electrons. The van der Waals surface area contributed by atoms with Crippen molar-refractivity contribution >= 4 is 40.1 Å². The molecule has 0 aliphatic carbocycles. The van der Waals surface area contributed by atoms with E-state index in [9.17, 15) is 19.2 Å². The molecule has 2 amide bonds. The molecule has 0 spiro atoms. The lowest BCUT2D eigenvalue weighted by molar-refractivity contribution is -0.141. The topological polar surface area (TPSA) is 134 Å². The van der Waals surface area contributed by atoms with E-state index in [1.54, 1.807) is 6.07 Å². The van der Waals surface area contributed by atoms with E-state index in [-0.39, 0.29) is 18.2 Å². The minimum absolute atomic E-state index is 0.0319. The standard InChI is InChI=1S/C24H27N3O6/c1-13(2)22(26-23(31)17-9-8-15-6-4-5-7-16(15)10-17)19-11-20(33-27-19)24(32)25-18(14(3)28)12-21(29)30/h4-10,13,18,20,22H,11-12H2,1-3H3,(H,25,32)(H,26,31)(H,29,30). The van der Waals surface area contributed by atoms with Crippen LogP contribution in [0.2, 0.25) is 0 Å². The average molecular weight is 453 g/mol. The lowest BCUT2D eigenvalue weighted by Crippen LogP contribution is -2.47. The number of Topliss-reactive ketones (excluding diaryl/α,β-unsaturated/α-hetero) is 1. The van der Waals surface area contributed by atoms with Crippen molar-refractivity contribution < 1.29 is 29.1 Å². The molecule has 0 bridgehead atoms. The fourth-order valence-corrected chi connectivity index (χ4v) is 3.65. The molecule has 0 saturated heterocycles. The zero-order valence-corrected chi connectivity index (χ0v) is 18.7. The molecule has 33 heavy (non-hydrogen) atoms. The summed E-state index contributed by atoms with van der Waals surface area (Å²) in [7, 11) is 0. The van der Waals surface area contributed by atoms with Gasteiger partial charge in [0.2, 0.25) is 6.10 Å². The normalized spacial score (nSPS) is 17.1. The Bertz CT molecular complexity index is 1110.